The van der Waals surface area contributed by atoms with Crippen molar-refractivity contribution in [1.82, 2.24) is 5.16 Å². The van der Waals surface area contributed by atoms with Crippen molar-refractivity contribution in [2.75, 3.05) is 18.2 Å². The van der Waals surface area contributed by atoms with Gasteiger partial charge in [0.25, 0.3) is 0 Å². The summed E-state index contributed by atoms with van der Waals surface area (Å²) in [6, 6.07) is 5.43. The predicted octanol–water partition coefficient (Wildman–Crippen LogP) is 0.731. The van der Waals surface area contributed by atoms with E-state index in [9.17, 15) is 16.8 Å². The summed E-state index contributed by atoms with van der Waals surface area (Å²) < 4.78 is 52.3. The molecule has 1 aromatic carbocycles. The lowest BCUT2D eigenvalue weighted by atomic mass is 10.2. The van der Waals surface area contributed by atoms with E-state index in [1.165, 1.54) is 24.3 Å². The van der Waals surface area contributed by atoms with Crippen LogP contribution in [-0.4, -0.2) is 34.5 Å². The summed E-state index contributed by atoms with van der Waals surface area (Å²) in [7, 11) is -7.51. The molecule has 0 bridgehead atoms. The topological polar surface area (TPSA) is 120 Å². The predicted molar refractivity (Wildman–Crippen MR) is 72.6 cm³/mol. The molecule has 0 aliphatic carbocycles. The van der Waals surface area contributed by atoms with Gasteiger partial charge in [-0.05, 0) is 12.1 Å². The van der Waals surface area contributed by atoms with Crippen LogP contribution >= 0.6 is 0 Å². The first-order valence-electron chi connectivity index (χ1n) is 5.36. The van der Waals surface area contributed by atoms with Crippen molar-refractivity contribution in [2.45, 2.75) is 9.79 Å². The summed E-state index contributed by atoms with van der Waals surface area (Å²) in [6.45, 7) is 0. The molecule has 0 fully saturated rings. The molecule has 0 spiro atoms. The van der Waals surface area contributed by atoms with Crippen LogP contribution < -0.4 is 5.73 Å². The van der Waals surface area contributed by atoms with Crippen LogP contribution in [0, 0.1) is 0 Å². The van der Waals surface area contributed by atoms with E-state index >= 15 is 0 Å². The highest BCUT2D eigenvalue weighted by Gasteiger charge is 2.26. The number of nitrogens with two attached hydrogens (primary N) is 1. The summed E-state index contributed by atoms with van der Waals surface area (Å²) in [5.41, 5.74) is 5.54. The van der Waals surface area contributed by atoms with E-state index in [0.717, 1.165) is 12.5 Å². The Morgan fingerprint density at radius 3 is 2.20 bits per heavy atom. The van der Waals surface area contributed by atoms with Crippen LogP contribution in [0.3, 0.4) is 0 Å². The molecule has 0 atom stereocenters. The number of hydrogen-bond acceptors (Lipinski definition) is 7. The van der Waals surface area contributed by atoms with Crippen LogP contribution in [0.15, 0.2) is 38.6 Å². The summed E-state index contributed by atoms with van der Waals surface area (Å²) in [5, 5.41) is 3.47. The van der Waals surface area contributed by atoms with Crippen molar-refractivity contribution < 1.29 is 21.4 Å². The zero-order chi connectivity index (χ0) is 15.1. The monoisotopic (exact) mass is 316 g/mol. The molecule has 0 aliphatic heterocycles. The van der Waals surface area contributed by atoms with Gasteiger partial charge in [0.15, 0.2) is 31.3 Å². The van der Waals surface area contributed by atoms with E-state index < -0.39 is 19.7 Å². The second kappa shape index (κ2) is 4.60. The quantitative estimate of drug-likeness (QED) is 0.886. The van der Waals surface area contributed by atoms with Crippen LogP contribution in [0.2, 0.25) is 0 Å². The maximum atomic E-state index is 11.9. The molecule has 2 rings (SSSR count). The van der Waals surface area contributed by atoms with E-state index in [2.05, 4.69) is 5.16 Å². The van der Waals surface area contributed by atoms with Crippen molar-refractivity contribution in [3.63, 3.8) is 0 Å². The zero-order valence-corrected chi connectivity index (χ0v) is 12.3. The summed E-state index contributed by atoms with van der Waals surface area (Å²) in [5.74, 6) is 0.164. The Kier molecular flexibility index (Phi) is 3.34. The van der Waals surface area contributed by atoms with Crippen molar-refractivity contribution >= 4 is 25.5 Å². The number of benzene rings is 1. The summed E-state index contributed by atoms with van der Waals surface area (Å²) in [4.78, 5) is -0.605. The average molecular weight is 316 g/mol. The molecule has 1 heterocycles. The van der Waals surface area contributed by atoms with Gasteiger partial charge in [-0.15, -0.1) is 0 Å². The van der Waals surface area contributed by atoms with E-state index in [0.29, 0.717) is 0 Å². The number of sulfone groups is 2. The molecular formula is C11H12N2O5S2. The Bertz CT molecular complexity index is 866. The molecule has 0 radical (unpaired) electrons. The van der Waals surface area contributed by atoms with E-state index in [-0.39, 0.29) is 26.9 Å². The molecule has 0 amide bonds. The van der Waals surface area contributed by atoms with Crippen LogP contribution in [0.4, 0.5) is 5.82 Å². The average Bonchev–Trinajstić information content (AvgIpc) is 2.72. The first-order chi connectivity index (χ1) is 9.10. The van der Waals surface area contributed by atoms with Crippen LogP contribution in [0.1, 0.15) is 0 Å². The van der Waals surface area contributed by atoms with Crippen molar-refractivity contribution in [2.24, 2.45) is 0 Å². The number of anilines is 1. The molecule has 108 valence electrons. The van der Waals surface area contributed by atoms with Crippen molar-refractivity contribution in [3.05, 3.63) is 24.3 Å². The fourth-order valence-electron chi connectivity index (χ4n) is 1.80. The molecular weight excluding hydrogens is 304 g/mol. The van der Waals surface area contributed by atoms with E-state index in [1.807, 2.05) is 0 Å². The van der Waals surface area contributed by atoms with Gasteiger partial charge in [-0.3, -0.25) is 0 Å². The standard InChI is InChI=1S/C11H12N2O5S2/c1-19(14,15)9-5-3-4-7(11(9)20(2,16)17)8-6-10(12)13-18-8/h3-6H,1-2H3,(H2,12,13). The van der Waals surface area contributed by atoms with E-state index in [1.54, 1.807) is 0 Å². The molecule has 7 nitrogen and oxygen atoms in total. The van der Waals surface area contributed by atoms with Gasteiger partial charge in [0.2, 0.25) is 0 Å². The molecule has 0 saturated carbocycles. The number of nitrogens with zero attached hydrogens (tertiary/aromatic N) is 1. The Balaban J connectivity index is 2.90. The number of aromatic nitrogens is 1. The van der Waals surface area contributed by atoms with Gasteiger partial charge >= 0.3 is 0 Å². The van der Waals surface area contributed by atoms with Crippen LogP contribution in [0.5, 0.6) is 0 Å². The van der Waals surface area contributed by atoms with Gasteiger partial charge in [0.05, 0.1) is 9.79 Å². The minimum absolute atomic E-state index is 0.0733. The summed E-state index contributed by atoms with van der Waals surface area (Å²) in [6.07, 6.45) is 1.87. The van der Waals surface area contributed by atoms with Gasteiger partial charge in [-0.1, -0.05) is 11.2 Å². The molecule has 0 saturated heterocycles. The first kappa shape index (κ1) is 14.5. The maximum absolute atomic E-state index is 11.9. The van der Waals surface area contributed by atoms with E-state index in [4.69, 9.17) is 10.3 Å². The van der Waals surface area contributed by atoms with Gasteiger partial charge < -0.3 is 10.3 Å². The zero-order valence-electron chi connectivity index (χ0n) is 10.7. The van der Waals surface area contributed by atoms with Crippen LogP contribution in [0.25, 0.3) is 11.3 Å². The molecule has 20 heavy (non-hydrogen) atoms. The van der Waals surface area contributed by atoms with Crippen molar-refractivity contribution in [1.29, 1.82) is 0 Å². The number of nitrogen functional groups attached to an aromatic ring is 1. The third kappa shape index (κ3) is 2.68. The SMILES string of the molecule is CS(=O)(=O)c1cccc(-c2cc(N)no2)c1S(C)(=O)=O. The molecule has 2 aromatic rings. The molecule has 2 N–H and O–H groups in total. The lowest BCUT2D eigenvalue weighted by molar-refractivity contribution is 0.434. The van der Waals surface area contributed by atoms with Gasteiger partial charge in [-0.25, -0.2) is 16.8 Å². The number of hydrogen-bond donors (Lipinski definition) is 1. The summed E-state index contributed by atoms with van der Waals surface area (Å²) >= 11 is 0. The smallest absolute Gasteiger partial charge is 0.177 e. The molecule has 0 aliphatic rings. The second-order valence-electron chi connectivity index (χ2n) is 4.29. The van der Waals surface area contributed by atoms with Gasteiger partial charge in [0, 0.05) is 24.1 Å². The Morgan fingerprint density at radius 1 is 1.10 bits per heavy atom. The maximum Gasteiger partial charge on any atom is 0.177 e. The minimum atomic E-state index is -3.79. The van der Waals surface area contributed by atoms with Crippen molar-refractivity contribution in [3.8, 4) is 11.3 Å². The molecule has 9 heteroatoms. The van der Waals surface area contributed by atoms with Gasteiger partial charge in [-0.2, -0.15) is 0 Å². The highest BCUT2D eigenvalue weighted by Crippen LogP contribution is 2.33. The fourth-order valence-corrected chi connectivity index (χ4v) is 4.48. The third-order valence-electron chi connectivity index (χ3n) is 2.54. The third-order valence-corrected chi connectivity index (χ3v) is 4.99. The number of rotatable bonds is 3. The van der Waals surface area contributed by atoms with Crippen LogP contribution in [-0.2, 0) is 19.7 Å². The van der Waals surface area contributed by atoms with Gasteiger partial charge in [0.1, 0.15) is 0 Å². The normalized spacial score (nSPS) is 12.5. The Labute approximate surface area is 116 Å². The highest BCUT2D eigenvalue weighted by atomic mass is 32.2. The first-order valence-corrected chi connectivity index (χ1v) is 9.14. The Morgan fingerprint density at radius 2 is 1.75 bits per heavy atom. The second-order valence-corrected chi connectivity index (χ2v) is 8.23. The fraction of sp³-hybridized carbons (Fsp3) is 0.182. The largest absolute Gasteiger partial charge is 0.381 e. The minimum Gasteiger partial charge on any atom is -0.381 e. The molecule has 1 aromatic heterocycles. The molecule has 0 unspecified atom stereocenters. The lowest BCUT2D eigenvalue weighted by Gasteiger charge is -2.10. The highest BCUT2D eigenvalue weighted by molar-refractivity contribution is 7.93. The Hall–Kier alpha value is -1.87. The lowest BCUT2D eigenvalue weighted by Crippen LogP contribution is -2.09.